The summed E-state index contributed by atoms with van der Waals surface area (Å²) in [5.74, 6) is 1.07. The molecule has 4 rings (SSSR count). The molecular weight excluding hydrogens is 461 g/mol. The van der Waals surface area contributed by atoms with E-state index in [1.807, 2.05) is 26.0 Å². The lowest BCUT2D eigenvalue weighted by molar-refractivity contribution is -0.143. The number of carbonyl (C=O) groups is 1. The lowest BCUT2D eigenvalue weighted by Gasteiger charge is -2.20. The molecule has 35 heavy (non-hydrogen) atoms. The number of rotatable bonds is 8. The molecule has 1 N–H and O–H groups in total. The Kier molecular flexibility index (Phi) is 6.75. The van der Waals surface area contributed by atoms with E-state index in [1.165, 1.54) is 10.9 Å². The summed E-state index contributed by atoms with van der Waals surface area (Å²) in [6.45, 7) is 2.48. The van der Waals surface area contributed by atoms with E-state index in [1.54, 1.807) is 36.1 Å². The predicted octanol–water partition coefficient (Wildman–Crippen LogP) is 3.58. The van der Waals surface area contributed by atoms with Crippen LogP contribution in [0.25, 0.3) is 11.5 Å². The fourth-order valence-electron chi connectivity index (χ4n) is 4.18. The molecule has 0 saturated heterocycles. The number of aromatic nitrogens is 5. The van der Waals surface area contributed by atoms with Gasteiger partial charge in [-0.05, 0) is 31.7 Å². The van der Waals surface area contributed by atoms with Crippen LogP contribution in [0, 0.1) is 0 Å². The number of nitrogens with zero attached hydrogens (tertiary/aromatic N) is 7. The average molecular weight is 489 g/mol. The summed E-state index contributed by atoms with van der Waals surface area (Å²) in [5.41, 5.74) is 2.49. The molecule has 9 nitrogen and oxygen atoms in total. The van der Waals surface area contributed by atoms with Crippen molar-refractivity contribution in [3.8, 4) is 11.5 Å². The molecule has 1 aliphatic rings. The maximum Gasteiger partial charge on any atom is 0.391 e. The van der Waals surface area contributed by atoms with Crippen LogP contribution >= 0.6 is 0 Å². The Morgan fingerprint density at radius 1 is 1.23 bits per heavy atom. The van der Waals surface area contributed by atoms with Crippen molar-refractivity contribution >= 4 is 17.5 Å². The van der Waals surface area contributed by atoms with Crippen LogP contribution in [0.5, 0.6) is 0 Å². The molecule has 3 aromatic heterocycles. The lowest BCUT2D eigenvalue weighted by atomic mass is 10.1. The molecule has 0 fully saturated rings. The highest BCUT2D eigenvalue weighted by atomic mass is 19.4. The number of nitrogens with one attached hydrogen (secondary N) is 1. The number of hydrogen-bond acceptors (Lipinski definition) is 7. The third-order valence-corrected chi connectivity index (χ3v) is 5.94. The van der Waals surface area contributed by atoms with Gasteiger partial charge in [0.1, 0.15) is 23.7 Å². The highest BCUT2D eigenvalue weighted by molar-refractivity contribution is 6.10. The van der Waals surface area contributed by atoms with Crippen molar-refractivity contribution in [1.82, 2.24) is 30.0 Å². The maximum atomic E-state index is 13.4. The monoisotopic (exact) mass is 488 g/mol. The molecule has 3 aromatic rings. The Labute approximate surface area is 201 Å². The zero-order chi connectivity index (χ0) is 25.3. The van der Waals surface area contributed by atoms with Gasteiger partial charge in [0.05, 0.1) is 24.2 Å². The number of alkyl halides is 3. The number of hydrogen-bond donors (Lipinski definition) is 1. The first-order valence-electron chi connectivity index (χ1n) is 11.2. The summed E-state index contributed by atoms with van der Waals surface area (Å²) in [6.07, 6.45) is -3.78. The quantitative estimate of drug-likeness (QED) is 0.518. The van der Waals surface area contributed by atoms with Crippen LogP contribution < -0.4 is 15.1 Å². The van der Waals surface area contributed by atoms with E-state index >= 15 is 0 Å². The maximum absolute atomic E-state index is 13.4. The molecule has 1 atom stereocenters. The molecule has 4 heterocycles. The van der Waals surface area contributed by atoms with E-state index in [-0.39, 0.29) is 18.2 Å². The SMILES string of the molecule is CC[C@@H](CC(F)(F)F)n1cnnc1-c1cccc(N2Cc3c(cc(N(C)C)nc3CNC)C2=O)n1. The van der Waals surface area contributed by atoms with E-state index in [0.717, 1.165) is 11.3 Å². The molecule has 0 saturated carbocycles. The second-order valence-electron chi connectivity index (χ2n) is 8.59. The van der Waals surface area contributed by atoms with Gasteiger partial charge in [-0.15, -0.1) is 10.2 Å². The molecule has 12 heteroatoms. The molecule has 1 aliphatic heterocycles. The first kappa shape index (κ1) is 24.6. The zero-order valence-corrected chi connectivity index (χ0v) is 20.0. The molecule has 1 amide bonds. The largest absolute Gasteiger partial charge is 0.391 e. The third kappa shape index (κ3) is 4.97. The van der Waals surface area contributed by atoms with Crippen LogP contribution in [0.3, 0.4) is 0 Å². The fraction of sp³-hybridized carbons (Fsp3) is 0.435. The normalized spacial score (nSPS) is 14.4. The molecule has 0 radical (unpaired) electrons. The van der Waals surface area contributed by atoms with Gasteiger partial charge in [0.2, 0.25) is 0 Å². The van der Waals surface area contributed by atoms with Crippen molar-refractivity contribution in [1.29, 1.82) is 0 Å². The van der Waals surface area contributed by atoms with Crippen LogP contribution in [-0.2, 0) is 13.1 Å². The van der Waals surface area contributed by atoms with Crippen LogP contribution in [0.2, 0.25) is 0 Å². The number of carbonyl (C=O) groups excluding carboxylic acids is 1. The lowest BCUT2D eigenvalue weighted by Crippen LogP contribution is -2.24. The molecule has 0 aliphatic carbocycles. The van der Waals surface area contributed by atoms with Crippen LogP contribution in [0.4, 0.5) is 24.8 Å². The summed E-state index contributed by atoms with van der Waals surface area (Å²) >= 11 is 0. The molecule has 0 bridgehead atoms. The molecule has 0 spiro atoms. The zero-order valence-electron chi connectivity index (χ0n) is 20.0. The Bertz CT molecular complexity index is 1220. The summed E-state index contributed by atoms with van der Waals surface area (Å²) < 4.78 is 40.7. The Morgan fingerprint density at radius 3 is 2.66 bits per heavy atom. The van der Waals surface area contributed by atoms with Gasteiger partial charge in [0.25, 0.3) is 5.91 Å². The van der Waals surface area contributed by atoms with Crippen molar-refractivity contribution in [3.05, 3.63) is 47.4 Å². The highest BCUT2D eigenvalue weighted by Gasteiger charge is 2.34. The fourth-order valence-corrected chi connectivity index (χ4v) is 4.18. The van der Waals surface area contributed by atoms with Crippen molar-refractivity contribution in [3.63, 3.8) is 0 Å². The minimum atomic E-state index is -4.32. The second kappa shape index (κ2) is 9.61. The summed E-state index contributed by atoms with van der Waals surface area (Å²) in [6, 6.07) is 5.95. The minimum Gasteiger partial charge on any atom is -0.363 e. The van der Waals surface area contributed by atoms with Crippen molar-refractivity contribution < 1.29 is 18.0 Å². The third-order valence-electron chi connectivity index (χ3n) is 5.94. The Hall–Kier alpha value is -3.54. The highest BCUT2D eigenvalue weighted by Crippen LogP contribution is 2.34. The smallest absolute Gasteiger partial charge is 0.363 e. The number of amides is 1. The van der Waals surface area contributed by atoms with Crippen molar-refractivity contribution in [2.75, 3.05) is 30.9 Å². The van der Waals surface area contributed by atoms with Crippen LogP contribution in [-0.4, -0.2) is 58.0 Å². The number of anilines is 2. The minimum absolute atomic E-state index is 0.211. The number of fused-ring (bicyclic) bond motifs is 1. The average Bonchev–Trinajstić information content (AvgIpc) is 3.42. The Balaban J connectivity index is 1.69. The molecule has 0 aromatic carbocycles. The van der Waals surface area contributed by atoms with Gasteiger partial charge < -0.3 is 14.8 Å². The first-order valence-corrected chi connectivity index (χ1v) is 11.2. The standard InChI is InChI=1S/C23H27F3N8O/c1-5-14(10-23(24,25)26)34-13-28-31-21(34)17-7-6-8-19(29-17)33-12-16-15(22(33)35)9-20(32(3)4)30-18(16)11-27-2/h6-9,13-14,27H,5,10-12H2,1-4H3/t14-/m0/s1. The van der Waals surface area contributed by atoms with Crippen molar-refractivity contribution in [2.24, 2.45) is 0 Å². The van der Waals surface area contributed by atoms with Crippen LogP contribution in [0.15, 0.2) is 30.6 Å². The first-order chi connectivity index (χ1) is 16.6. The number of halogens is 3. The van der Waals surface area contributed by atoms with Gasteiger partial charge in [-0.2, -0.15) is 13.2 Å². The summed E-state index contributed by atoms with van der Waals surface area (Å²) in [5, 5.41) is 11.0. The van der Waals surface area contributed by atoms with E-state index in [0.29, 0.717) is 36.0 Å². The van der Waals surface area contributed by atoms with Gasteiger partial charge in [0, 0.05) is 32.2 Å². The molecule has 0 unspecified atom stereocenters. The van der Waals surface area contributed by atoms with Gasteiger partial charge in [-0.3, -0.25) is 9.69 Å². The topological polar surface area (TPSA) is 92.1 Å². The van der Waals surface area contributed by atoms with Gasteiger partial charge in [-0.1, -0.05) is 13.0 Å². The van der Waals surface area contributed by atoms with Gasteiger partial charge in [-0.25, -0.2) is 9.97 Å². The van der Waals surface area contributed by atoms with E-state index in [2.05, 4.69) is 25.5 Å². The molecular formula is C23H27F3N8O. The summed E-state index contributed by atoms with van der Waals surface area (Å²) in [4.78, 5) is 26.0. The van der Waals surface area contributed by atoms with Crippen LogP contribution in [0.1, 0.15) is 47.4 Å². The van der Waals surface area contributed by atoms with Gasteiger partial charge >= 0.3 is 6.18 Å². The predicted molar refractivity (Wildman–Crippen MR) is 125 cm³/mol. The Morgan fingerprint density at radius 2 is 2.00 bits per heavy atom. The van der Waals surface area contributed by atoms with Gasteiger partial charge in [0.15, 0.2) is 5.82 Å². The van der Waals surface area contributed by atoms with E-state index in [9.17, 15) is 18.0 Å². The second-order valence-corrected chi connectivity index (χ2v) is 8.59. The van der Waals surface area contributed by atoms with Crippen molar-refractivity contribution in [2.45, 2.75) is 45.1 Å². The van der Waals surface area contributed by atoms with E-state index < -0.39 is 18.6 Å². The van der Waals surface area contributed by atoms with E-state index in [4.69, 9.17) is 0 Å². The summed E-state index contributed by atoms with van der Waals surface area (Å²) in [7, 11) is 5.53. The molecule has 186 valence electrons. The number of pyridine rings is 2.